The van der Waals surface area contributed by atoms with Gasteiger partial charge < -0.3 is 10.3 Å². The molecule has 0 saturated heterocycles. The van der Waals surface area contributed by atoms with Crippen LogP contribution >= 0.6 is 0 Å². The zero-order chi connectivity index (χ0) is 18.7. The Kier molecular flexibility index (Phi) is 4.89. The first-order chi connectivity index (χ1) is 12.5. The fraction of sp³-hybridized carbons (Fsp3) is 0.143. The first-order valence-corrected chi connectivity index (χ1v) is 8.41. The van der Waals surface area contributed by atoms with Crippen LogP contribution in [0.4, 0.5) is 5.69 Å². The number of para-hydroxylation sites is 1. The van der Waals surface area contributed by atoms with Crippen LogP contribution in [-0.4, -0.2) is 16.7 Å². The maximum Gasteiger partial charge on any atom is 0.273 e. The number of amides is 1. The number of anilines is 1. The van der Waals surface area contributed by atoms with E-state index >= 15 is 0 Å². The molecule has 132 valence electrons. The van der Waals surface area contributed by atoms with Gasteiger partial charge in [0.05, 0.1) is 11.8 Å². The van der Waals surface area contributed by atoms with Crippen LogP contribution in [0.3, 0.4) is 0 Å². The monoisotopic (exact) mass is 346 g/mol. The van der Waals surface area contributed by atoms with Gasteiger partial charge >= 0.3 is 0 Å². The van der Waals surface area contributed by atoms with Crippen LogP contribution in [0.2, 0.25) is 0 Å². The van der Waals surface area contributed by atoms with Gasteiger partial charge in [-0.25, -0.2) is 5.43 Å². The molecule has 0 saturated carbocycles. The Bertz CT molecular complexity index is 968. The second-order valence-electron chi connectivity index (χ2n) is 6.28. The molecule has 2 aromatic carbocycles. The van der Waals surface area contributed by atoms with Gasteiger partial charge in [-0.15, -0.1) is 0 Å². The van der Waals surface area contributed by atoms with Gasteiger partial charge in [-0.1, -0.05) is 29.8 Å². The zero-order valence-electron chi connectivity index (χ0n) is 15.2. The summed E-state index contributed by atoms with van der Waals surface area (Å²) in [5, 5.41) is 4.09. The van der Waals surface area contributed by atoms with E-state index < -0.39 is 0 Å². The molecule has 0 aliphatic rings. The Labute approximate surface area is 153 Å². The third kappa shape index (κ3) is 3.52. The highest BCUT2D eigenvalue weighted by molar-refractivity contribution is 5.99. The first kappa shape index (κ1) is 17.5. The molecule has 3 rings (SSSR count). The van der Waals surface area contributed by atoms with Crippen LogP contribution in [-0.2, 0) is 0 Å². The summed E-state index contributed by atoms with van der Waals surface area (Å²) < 4.78 is 2.16. The lowest BCUT2D eigenvalue weighted by molar-refractivity contribution is 0.0956. The smallest absolute Gasteiger partial charge is 0.273 e. The van der Waals surface area contributed by atoms with E-state index in [1.54, 1.807) is 30.5 Å². The van der Waals surface area contributed by atoms with Crippen molar-refractivity contribution in [3.05, 3.63) is 82.7 Å². The normalized spacial score (nSPS) is 11.0. The van der Waals surface area contributed by atoms with Gasteiger partial charge in [-0.05, 0) is 51.1 Å². The van der Waals surface area contributed by atoms with Crippen molar-refractivity contribution in [2.75, 3.05) is 5.73 Å². The minimum absolute atomic E-state index is 0.327. The largest absolute Gasteiger partial charge is 0.398 e. The highest BCUT2D eigenvalue weighted by Crippen LogP contribution is 2.20. The lowest BCUT2D eigenvalue weighted by Crippen LogP contribution is -2.19. The average Bonchev–Trinajstić information content (AvgIpc) is 2.90. The van der Waals surface area contributed by atoms with Crippen molar-refractivity contribution in [1.82, 2.24) is 9.99 Å². The number of carbonyl (C=O) groups excluding carboxylic acids is 1. The molecule has 1 heterocycles. The first-order valence-electron chi connectivity index (χ1n) is 8.41. The van der Waals surface area contributed by atoms with Crippen molar-refractivity contribution < 1.29 is 4.79 Å². The lowest BCUT2D eigenvalue weighted by atomic mass is 10.2. The second kappa shape index (κ2) is 7.27. The van der Waals surface area contributed by atoms with Crippen LogP contribution < -0.4 is 11.2 Å². The molecule has 3 N–H and O–H groups in total. The van der Waals surface area contributed by atoms with Crippen LogP contribution in [0.5, 0.6) is 0 Å². The minimum atomic E-state index is -0.327. The van der Waals surface area contributed by atoms with Gasteiger partial charge in [0, 0.05) is 28.3 Å². The van der Waals surface area contributed by atoms with Gasteiger partial charge in [0.2, 0.25) is 0 Å². The summed E-state index contributed by atoms with van der Waals surface area (Å²) in [4.78, 5) is 12.2. The van der Waals surface area contributed by atoms with Crippen molar-refractivity contribution in [3.63, 3.8) is 0 Å². The molecular weight excluding hydrogens is 324 g/mol. The van der Waals surface area contributed by atoms with E-state index in [1.807, 2.05) is 19.9 Å². The number of rotatable bonds is 4. The van der Waals surface area contributed by atoms with E-state index in [9.17, 15) is 4.79 Å². The fourth-order valence-corrected chi connectivity index (χ4v) is 2.93. The van der Waals surface area contributed by atoms with Crippen LogP contribution in [0.25, 0.3) is 5.69 Å². The quantitative estimate of drug-likeness (QED) is 0.429. The summed E-state index contributed by atoms with van der Waals surface area (Å²) in [7, 11) is 0. The van der Waals surface area contributed by atoms with Crippen LogP contribution in [0.15, 0.2) is 59.7 Å². The Hall–Kier alpha value is -3.34. The standard InChI is InChI=1S/C21H22N4O/c1-14-8-10-18(11-9-14)25-15(2)12-17(16(25)3)13-23-24-21(26)19-6-4-5-7-20(19)22/h4-13H,22H2,1-3H3,(H,24,26)/b23-13-. The second-order valence-corrected chi connectivity index (χ2v) is 6.28. The predicted octanol–water partition coefficient (Wildman–Crippen LogP) is 3.75. The molecule has 26 heavy (non-hydrogen) atoms. The molecule has 0 unspecified atom stereocenters. The van der Waals surface area contributed by atoms with Crippen molar-refractivity contribution >= 4 is 17.8 Å². The van der Waals surface area contributed by atoms with Crippen LogP contribution in [0, 0.1) is 20.8 Å². The van der Waals surface area contributed by atoms with E-state index in [-0.39, 0.29) is 5.91 Å². The van der Waals surface area contributed by atoms with Crippen molar-refractivity contribution in [2.45, 2.75) is 20.8 Å². The molecule has 0 bridgehead atoms. The SMILES string of the molecule is Cc1ccc(-n2c(C)cc(/C=N\NC(=O)c3ccccc3N)c2C)cc1. The van der Waals surface area contributed by atoms with Gasteiger partial charge in [0.1, 0.15) is 0 Å². The number of hydrogen-bond acceptors (Lipinski definition) is 3. The van der Waals surface area contributed by atoms with Crippen molar-refractivity contribution in [3.8, 4) is 5.69 Å². The number of hydrogen-bond donors (Lipinski definition) is 2. The highest BCUT2D eigenvalue weighted by Gasteiger charge is 2.10. The number of aromatic nitrogens is 1. The van der Waals surface area contributed by atoms with Crippen LogP contribution in [0.1, 0.15) is 32.9 Å². The van der Waals surface area contributed by atoms with Gasteiger partial charge in [-0.2, -0.15) is 5.10 Å². The molecule has 0 atom stereocenters. The number of carbonyl (C=O) groups is 1. The molecule has 0 aliphatic heterocycles. The summed E-state index contributed by atoms with van der Waals surface area (Å²) in [6, 6.07) is 17.3. The van der Waals surface area contributed by atoms with Gasteiger partial charge in [0.15, 0.2) is 0 Å². The summed E-state index contributed by atoms with van der Waals surface area (Å²) in [5.74, 6) is -0.327. The van der Waals surface area contributed by atoms with E-state index in [0.29, 0.717) is 11.3 Å². The summed E-state index contributed by atoms with van der Waals surface area (Å²) in [5.41, 5.74) is 14.6. The molecule has 1 aromatic heterocycles. The molecule has 5 heteroatoms. The molecule has 0 fully saturated rings. The van der Waals surface area contributed by atoms with E-state index in [2.05, 4.69) is 46.3 Å². The lowest BCUT2D eigenvalue weighted by Gasteiger charge is -2.09. The molecular formula is C21H22N4O. The Morgan fingerprint density at radius 2 is 1.77 bits per heavy atom. The van der Waals surface area contributed by atoms with E-state index in [1.165, 1.54) is 5.56 Å². The molecule has 0 aliphatic carbocycles. The number of aryl methyl sites for hydroxylation is 2. The minimum Gasteiger partial charge on any atom is -0.398 e. The molecule has 3 aromatic rings. The average molecular weight is 346 g/mol. The Morgan fingerprint density at radius 3 is 2.46 bits per heavy atom. The third-order valence-corrected chi connectivity index (χ3v) is 4.34. The molecule has 0 spiro atoms. The summed E-state index contributed by atoms with van der Waals surface area (Å²) in [6.07, 6.45) is 1.66. The van der Waals surface area contributed by atoms with E-state index in [0.717, 1.165) is 22.6 Å². The summed E-state index contributed by atoms with van der Waals surface area (Å²) >= 11 is 0. The topological polar surface area (TPSA) is 72.4 Å². The number of nitrogens with one attached hydrogen (secondary N) is 1. The number of benzene rings is 2. The van der Waals surface area contributed by atoms with E-state index in [4.69, 9.17) is 5.73 Å². The maximum atomic E-state index is 12.2. The highest BCUT2D eigenvalue weighted by atomic mass is 16.2. The number of nitrogens with two attached hydrogens (primary N) is 1. The van der Waals surface area contributed by atoms with Crippen molar-refractivity contribution in [1.29, 1.82) is 0 Å². The van der Waals surface area contributed by atoms with Crippen molar-refractivity contribution in [2.24, 2.45) is 5.10 Å². The van der Waals surface area contributed by atoms with Gasteiger partial charge in [0.25, 0.3) is 5.91 Å². The molecule has 0 radical (unpaired) electrons. The molecule has 5 nitrogen and oxygen atoms in total. The Morgan fingerprint density at radius 1 is 1.08 bits per heavy atom. The number of nitrogens with zero attached hydrogens (tertiary/aromatic N) is 2. The summed E-state index contributed by atoms with van der Waals surface area (Å²) in [6.45, 7) is 6.15. The van der Waals surface area contributed by atoms with Gasteiger partial charge in [-0.3, -0.25) is 4.79 Å². The fourth-order valence-electron chi connectivity index (χ4n) is 2.93. The maximum absolute atomic E-state index is 12.2. The zero-order valence-corrected chi connectivity index (χ0v) is 15.2. The third-order valence-electron chi connectivity index (χ3n) is 4.34. The number of hydrazone groups is 1. The number of nitrogen functional groups attached to an aromatic ring is 1. The Balaban J connectivity index is 1.79. The molecule has 1 amide bonds. The predicted molar refractivity (Wildman–Crippen MR) is 106 cm³/mol.